The number of pyridine rings is 2. The molecule has 0 saturated carbocycles. The molecular weight excluding hydrogens is 326 g/mol. The van der Waals surface area contributed by atoms with Crippen LogP contribution in [0.5, 0.6) is 0 Å². The van der Waals surface area contributed by atoms with Gasteiger partial charge in [0.25, 0.3) is 0 Å². The van der Waals surface area contributed by atoms with E-state index in [-0.39, 0.29) is 11.9 Å². The molecule has 1 atom stereocenters. The molecule has 4 heterocycles. The summed E-state index contributed by atoms with van der Waals surface area (Å²) in [6.45, 7) is 3.64. The number of rotatable bonds is 4. The van der Waals surface area contributed by atoms with E-state index in [1.165, 1.54) is 0 Å². The molecule has 134 valence electrons. The van der Waals surface area contributed by atoms with Gasteiger partial charge in [-0.2, -0.15) is 0 Å². The number of hydrogen-bond donors (Lipinski definition) is 0. The molecule has 1 amide bonds. The maximum Gasteiger partial charge on any atom is 0.224 e. The SMILES string of the molecule is CC(CC(=O)N1CCC(c2cc3ncccc3cn2)CC1)n1ccnc1. The third-order valence-electron chi connectivity index (χ3n) is 5.28. The van der Waals surface area contributed by atoms with Crippen LogP contribution in [0, 0.1) is 0 Å². The van der Waals surface area contributed by atoms with E-state index in [1.807, 2.05) is 40.2 Å². The second kappa shape index (κ2) is 7.23. The van der Waals surface area contributed by atoms with Crippen LogP contribution in [-0.4, -0.2) is 43.4 Å². The minimum atomic E-state index is 0.135. The molecule has 4 rings (SSSR count). The average molecular weight is 349 g/mol. The Hall–Kier alpha value is -2.76. The Balaban J connectivity index is 1.36. The Morgan fingerprint density at radius 2 is 2.12 bits per heavy atom. The number of amides is 1. The summed E-state index contributed by atoms with van der Waals surface area (Å²) in [7, 11) is 0. The van der Waals surface area contributed by atoms with Crippen molar-refractivity contribution in [2.75, 3.05) is 13.1 Å². The van der Waals surface area contributed by atoms with E-state index < -0.39 is 0 Å². The number of nitrogens with zero attached hydrogens (tertiary/aromatic N) is 5. The van der Waals surface area contributed by atoms with Crippen LogP contribution < -0.4 is 0 Å². The molecule has 1 aliphatic rings. The van der Waals surface area contributed by atoms with E-state index in [9.17, 15) is 4.79 Å². The molecule has 3 aromatic heterocycles. The molecule has 6 heteroatoms. The van der Waals surface area contributed by atoms with Gasteiger partial charge in [-0.05, 0) is 38.0 Å². The first-order chi connectivity index (χ1) is 12.7. The van der Waals surface area contributed by atoms with E-state index in [0.717, 1.165) is 42.5 Å². The molecule has 1 saturated heterocycles. The zero-order valence-electron chi connectivity index (χ0n) is 15.0. The van der Waals surface area contributed by atoms with E-state index in [0.29, 0.717) is 12.3 Å². The van der Waals surface area contributed by atoms with E-state index in [1.54, 1.807) is 12.5 Å². The second-order valence-corrected chi connectivity index (χ2v) is 7.02. The van der Waals surface area contributed by atoms with Gasteiger partial charge in [0, 0.05) is 67.3 Å². The number of aromatic nitrogens is 4. The molecule has 3 aromatic rings. The van der Waals surface area contributed by atoms with Gasteiger partial charge in [-0.15, -0.1) is 0 Å². The number of piperidine rings is 1. The Morgan fingerprint density at radius 1 is 1.27 bits per heavy atom. The van der Waals surface area contributed by atoms with Gasteiger partial charge >= 0.3 is 0 Å². The van der Waals surface area contributed by atoms with Gasteiger partial charge in [0.05, 0.1) is 11.8 Å². The van der Waals surface area contributed by atoms with Gasteiger partial charge in [0.15, 0.2) is 0 Å². The van der Waals surface area contributed by atoms with Crippen LogP contribution in [0.15, 0.2) is 49.3 Å². The number of fused-ring (bicyclic) bond motifs is 1. The fourth-order valence-electron chi connectivity index (χ4n) is 3.65. The first-order valence-corrected chi connectivity index (χ1v) is 9.16. The maximum absolute atomic E-state index is 12.6. The molecule has 0 N–H and O–H groups in total. The Morgan fingerprint density at radius 3 is 2.88 bits per heavy atom. The Bertz CT molecular complexity index is 884. The highest BCUT2D eigenvalue weighted by atomic mass is 16.2. The highest BCUT2D eigenvalue weighted by Gasteiger charge is 2.25. The average Bonchev–Trinajstić information content (AvgIpc) is 3.23. The summed E-state index contributed by atoms with van der Waals surface area (Å²) in [5.41, 5.74) is 2.08. The lowest BCUT2D eigenvalue weighted by molar-refractivity contribution is -0.133. The molecule has 1 aliphatic heterocycles. The van der Waals surface area contributed by atoms with Gasteiger partial charge in [-0.1, -0.05) is 0 Å². The third-order valence-corrected chi connectivity index (χ3v) is 5.28. The maximum atomic E-state index is 12.6. The standard InChI is InChI=1S/C20H23N5O/c1-15(25-10-7-21-14-25)11-20(26)24-8-4-16(5-9-24)18-12-19-17(13-23-18)3-2-6-22-19/h2-3,6-7,10,12-16H,4-5,8-9,11H2,1H3. The van der Waals surface area contributed by atoms with E-state index >= 15 is 0 Å². The third kappa shape index (κ3) is 3.45. The minimum Gasteiger partial charge on any atom is -0.343 e. The molecule has 1 unspecified atom stereocenters. The topological polar surface area (TPSA) is 63.9 Å². The van der Waals surface area contributed by atoms with Crippen molar-refractivity contribution < 1.29 is 4.79 Å². The highest BCUT2D eigenvalue weighted by molar-refractivity contribution is 5.78. The van der Waals surface area contributed by atoms with Crippen LogP contribution in [0.4, 0.5) is 0 Å². The summed E-state index contributed by atoms with van der Waals surface area (Å²) >= 11 is 0. The fraction of sp³-hybridized carbons (Fsp3) is 0.400. The summed E-state index contributed by atoms with van der Waals surface area (Å²) in [5, 5.41) is 1.07. The number of likely N-dealkylation sites (tertiary alicyclic amines) is 1. The van der Waals surface area contributed by atoms with Crippen LogP contribution in [0.3, 0.4) is 0 Å². The zero-order valence-corrected chi connectivity index (χ0v) is 15.0. The molecule has 0 radical (unpaired) electrons. The van der Waals surface area contributed by atoms with Crippen LogP contribution in [0.2, 0.25) is 0 Å². The van der Waals surface area contributed by atoms with Gasteiger partial charge in [0.1, 0.15) is 0 Å². The molecule has 0 aromatic carbocycles. The predicted molar refractivity (Wildman–Crippen MR) is 99.6 cm³/mol. The van der Waals surface area contributed by atoms with Crippen LogP contribution in [-0.2, 0) is 4.79 Å². The van der Waals surface area contributed by atoms with Crippen molar-refractivity contribution in [3.8, 4) is 0 Å². The lowest BCUT2D eigenvalue weighted by Crippen LogP contribution is -2.38. The monoisotopic (exact) mass is 349 g/mol. The normalized spacial score (nSPS) is 16.7. The van der Waals surface area contributed by atoms with Crippen molar-refractivity contribution in [3.63, 3.8) is 0 Å². The Labute approximate surface area is 152 Å². The molecule has 0 bridgehead atoms. The molecule has 0 aliphatic carbocycles. The van der Waals surface area contributed by atoms with Crippen LogP contribution in [0.25, 0.3) is 10.9 Å². The molecular formula is C20H23N5O. The van der Waals surface area contributed by atoms with Gasteiger partial charge in [0.2, 0.25) is 5.91 Å². The van der Waals surface area contributed by atoms with Gasteiger partial charge < -0.3 is 9.47 Å². The van der Waals surface area contributed by atoms with Crippen molar-refractivity contribution in [2.24, 2.45) is 0 Å². The van der Waals surface area contributed by atoms with Gasteiger partial charge in [-0.3, -0.25) is 14.8 Å². The summed E-state index contributed by atoms with van der Waals surface area (Å²) in [5.74, 6) is 0.620. The summed E-state index contributed by atoms with van der Waals surface area (Å²) in [6.07, 6.45) is 11.6. The highest BCUT2D eigenvalue weighted by Crippen LogP contribution is 2.28. The lowest BCUT2D eigenvalue weighted by Gasteiger charge is -2.32. The van der Waals surface area contributed by atoms with Crippen molar-refractivity contribution in [3.05, 3.63) is 55.0 Å². The van der Waals surface area contributed by atoms with Crippen molar-refractivity contribution >= 4 is 16.8 Å². The molecule has 1 fully saturated rings. The number of hydrogen-bond acceptors (Lipinski definition) is 4. The predicted octanol–water partition coefficient (Wildman–Crippen LogP) is 3.18. The zero-order chi connectivity index (χ0) is 17.9. The molecule has 0 spiro atoms. The van der Waals surface area contributed by atoms with Gasteiger partial charge in [-0.25, -0.2) is 4.98 Å². The number of carbonyl (C=O) groups excluding carboxylic acids is 1. The van der Waals surface area contributed by atoms with Crippen molar-refractivity contribution in [1.29, 1.82) is 0 Å². The van der Waals surface area contributed by atoms with Crippen LogP contribution in [0.1, 0.15) is 43.8 Å². The summed E-state index contributed by atoms with van der Waals surface area (Å²) < 4.78 is 1.98. The van der Waals surface area contributed by atoms with E-state index in [2.05, 4.69) is 27.9 Å². The van der Waals surface area contributed by atoms with E-state index in [4.69, 9.17) is 0 Å². The molecule has 26 heavy (non-hydrogen) atoms. The number of imidazole rings is 1. The first kappa shape index (κ1) is 16.7. The summed E-state index contributed by atoms with van der Waals surface area (Å²) in [4.78, 5) is 27.7. The Kier molecular flexibility index (Phi) is 4.65. The number of carbonyl (C=O) groups is 1. The van der Waals surface area contributed by atoms with Crippen LogP contribution >= 0.6 is 0 Å². The quantitative estimate of drug-likeness (QED) is 0.726. The summed E-state index contributed by atoms with van der Waals surface area (Å²) in [6, 6.07) is 6.19. The first-order valence-electron chi connectivity index (χ1n) is 9.16. The largest absolute Gasteiger partial charge is 0.343 e. The van der Waals surface area contributed by atoms with Crippen molar-refractivity contribution in [2.45, 2.75) is 38.1 Å². The fourth-order valence-corrected chi connectivity index (χ4v) is 3.65. The van der Waals surface area contributed by atoms with Crippen molar-refractivity contribution in [1.82, 2.24) is 24.4 Å². The smallest absolute Gasteiger partial charge is 0.224 e. The lowest BCUT2D eigenvalue weighted by atomic mass is 9.92. The molecule has 6 nitrogen and oxygen atoms in total. The minimum absolute atomic E-state index is 0.135. The second-order valence-electron chi connectivity index (χ2n) is 7.02.